The summed E-state index contributed by atoms with van der Waals surface area (Å²) in [7, 11) is 0. The number of aromatic nitrogens is 1. The van der Waals surface area contributed by atoms with Crippen molar-refractivity contribution in [2.45, 2.75) is 45.6 Å². The quantitative estimate of drug-likeness (QED) is 0.209. The summed E-state index contributed by atoms with van der Waals surface area (Å²) in [5.41, 5.74) is 3.56. The summed E-state index contributed by atoms with van der Waals surface area (Å²) < 4.78 is 6.40. The second-order valence-electron chi connectivity index (χ2n) is 10.3. The van der Waals surface area contributed by atoms with Gasteiger partial charge in [0.05, 0.1) is 23.2 Å². The number of hydrogen-bond donors (Lipinski definition) is 1. The van der Waals surface area contributed by atoms with Gasteiger partial charge in [0.15, 0.2) is 0 Å². The van der Waals surface area contributed by atoms with E-state index in [0.717, 1.165) is 26.7 Å². The van der Waals surface area contributed by atoms with E-state index in [0.29, 0.717) is 26.7 Å². The lowest BCUT2D eigenvalue weighted by molar-refractivity contribution is -0.155. The van der Waals surface area contributed by atoms with Crippen LogP contribution in [0, 0.1) is 6.92 Å². The van der Waals surface area contributed by atoms with Crippen LogP contribution in [0.2, 0.25) is 10.0 Å². The van der Waals surface area contributed by atoms with Crippen molar-refractivity contribution in [2.75, 3.05) is 6.54 Å². The molecule has 1 amide bonds. The number of pyridine rings is 1. The molecule has 1 unspecified atom stereocenters. The molecule has 4 rings (SSSR count). The number of carbonyl (C=O) groups is 2. The summed E-state index contributed by atoms with van der Waals surface area (Å²) >= 11 is 16.6. The van der Waals surface area contributed by atoms with E-state index in [1.54, 1.807) is 18.2 Å². The summed E-state index contributed by atoms with van der Waals surface area (Å²) in [4.78, 5) is 31.5. The summed E-state index contributed by atoms with van der Waals surface area (Å²) in [6, 6.07) is 20.6. The maximum Gasteiger partial charge on any atom is 0.306 e. The third kappa shape index (κ3) is 6.99. The van der Waals surface area contributed by atoms with Crippen molar-refractivity contribution in [3.8, 4) is 11.3 Å². The van der Waals surface area contributed by atoms with Crippen LogP contribution in [0.5, 0.6) is 0 Å². The van der Waals surface area contributed by atoms with Gasteiger partial charge in [-0.2, -0.15) is 0 Å². The lowest BCUT2D eigenvalue weighted by Gasteiger charge is -2.24. The third-order valence-corrected chi connectivity index (χ3v) is 7.37. The molecule has 1 N–H and O–H groups in total. The number of halogens is 3. The highest BCUT2D eigenvalue weighted by Gasteiger charge is 2.27. The Balaban J connectivity index is 1.72. The number of nitrogens with one attached hydrogen (secondary N) is 1. The van der Waals surface area contributed by atoms with Gasteiger partial charge in [-0.25, -0.2) is 4.98 Å². The molecular weight excluding hydrogens is 599 g/mol. The Kier molecular flexibility index (Phi) is 9.00. The molecule has 1 heterocycles. The maximum atomic E-state index is 13.9. The molecule has 0 radical (unpaired) electrons. The predicted molar refractivity (Wildman–Crippen MR) is 162 cm³/mol. The molecule has 4 aromatic rings. The number of amides is 1. The fourth-order valence-corrected chi connectivity index (χ4v) is 5.63. The minimum Gasteiger partial charge on any atom is -0.460 e. The minimum atomic E-state index is -0.649. The van der Waals surface area contributed by atoms with Gasteiger partial charge in [0.1, 0.15) is 5.60 Å². The normalized spacial score (nSPS) is 12.3. The Bertz CT molecular complexity index is 1510. The van der Waals surface area contributed by atoms with Crippen molar-refractivity contribution in [1.29, 1.82) is 0 Å². The van der Waals surface area contributed by atoms with Gasteiger partial charge in [0.2, 0.25) is 0 Å². The lowest BCUT2D eigenvalue weighted by atomic mass is 9.94. The molecule has 0 saturated carbocycles. The fourth-order valence-electron chi connectivity index (χ4n) is 4.57. The standard InChI is InChI=1S/C31H29BrCl2N2O3/c1-18-27(22-16-21(32)13-14-25(22)36-29(18)19-9-6-5-7-10-19)30(38)35-17-20(15-26(37)39-31(2,3)4)28-23(33)11-8-12-24(28)34/h5-14,16,20H,15,17H2,1-4H3,(H,35,38). The molecule has 0 aliphatic rings. The lowest BCUT2D eigenvalue weighted by Crippen LogP contribution is -2.32. The number of nitrogens with zero attached hydrogens (tertiary/aromatic N) is 1. The monoisotopic (exact) mass is 626 g/mol. The zero-order chi connectivity index (χ0) is 28.3. The van der Waals surface area contributed by atoms with E-state index >= 15 is 0 Å². The predicted octanol–water partition coefficient (Wildman–Crippen LogP) is 8.52. The first-order chi connectivity index (χ1) is 18.4. The minimum absolute atomic E-state index is 0.00209. The molecular formula is C31H29BrCl2N2O3. The van der Waals surface area contributed by atoms with Crippen LogP contribution in [0.4, 0.5) is 0 Å². The number of benzene rings is 3. The first kappa shape index (κ1) is 29.1. The van der Waals surface area contributed by atoms with Crippen LogP contribution >= 0.6 is 39.1 Å². The van der Waals surface area contributed by atoms with Crippen LogP contribution in [0.1, 0.15) is 54.6 Å². The van der Waals surface area contributed by atoms with Gasteiger partial charge in [0, 0.05) is 37.9 Å². The molecule has 0 aliphatic heterocycles. The molecule has 1 aromatic heterocycles. The summed E-state index contributed by atoms with van der Waals surface area (Å²) in [6.07, 6.45) is -0.00209. The molecule has 1 atom stereocenters. The number of hydrogen-bond acceptors (Lipinski definition) is 4. The second kappa shape index (κ2) is 12.1. The Labute approximate surface area is 247 Å². The Hall–Kier alpha value is -2.93. The molecule has 39 heavy (non-hydrogen) atoms. The van der Waals surface area contributed by atoms with Crippen molar-refractivity contribution in [3.05, 3.63) is 97.9 Å². The van der Waals surface area contributed by atoms with Gasteiger partial charge in [-0.15, -0.1) is 0 Å². The van der Waals surface area contributed by atoms with Gasteiger partial charge in [0.25, 0.3) is 5.91 Å². The highest BCUT2D eigenvalue weighted by Crippen LogP contribution is 2.35. The molecule has 0 fully saturated rings. The first-order valence-electron chi connectivity index (χ1n) is 12.5. The average molecular weight is 628 g/mol. The average Bonchev–Trinajstić information content (AvgIpc) is 2.86. The Morgan fingerprint density at radius 1 is 1.00 bits per heavy atom. The van der Waals surface area contributed by atoms with Crippen molar-refractivity contribution in [3.63, 3.8) is 0 Å². The van der Waals surface area contributed by atoms with Gasteiger partial charge in [-0.05, 0) is 69.2 Å². The topological polar surface area (TPSA) is 68.3 Å². The SMILES string of the molecule is Cc1c(-c2ccccc2)nc2ccc(Br)cc2c1C(=O)NCC(CC(=O)OC(C)(C)C)c1c(Cl)cccc1Cl. The van der Waals surface area contributed by atoms with Gasteiger partial charge >= 0.3 is 5.97 Å². The molecule has 5 nitrogen and oxygen atoms in total. The van der Waals surface area contributed by atoms with Gasteiger partial charge < -0.3 is 10.1 Å². The van der Waals surface area contributed by atoms with Crippen molar-refractivity contribution < 1.29 is 14.3 Å². The van der Waals surface area contributed by atoms with Crippen LogP contribution < -0.4 is 5.32 Å². The first-order valence-corrected chi connectivity index (χ1v) is 14.1. The van der Waals surface area contributed by atoms with E-state index in [-0.39, 0.29) is 18.9 Å². The largest absolute Gasteiger partial charge is 0.460 e. The van der Waals surface area contributed by atoms with Gasteiger partial charge in [-0.3, -0.25) is 9.59 Å². The molecule has 3 aromatic carbocycles. The van der Waals surface area contributed by atoms with Crippen molar-refractivity contribution in [2.24, 2.45) is 0 Å². The van der Waals surface area contributed by atoms with E-state index in [9.17, 15) is 9.59 Å². The number of ether oxygens (including phenoxy) is 1. The van der Waals surface area contributed by atoms with Crippen LogP contribution in [0.3, 0.4) is 0 Å². The smallest absolute Gasteiger partial charge is 0.306 e. The van der Waals surface area contributed by atoms with Crippen molar-refractivity contribution >= 4 is 61.9 Å². The highest BCUT2D eigenvalue weighted by atomic mass is 79.9. The number of carbonyl (C=O) groups excluding carboxylic acids is 2. The van der Waals surface area contributed by atoms with Crippen LogP contribution in [-0.4, -0.2) is 29.0 Å². The molecule has 0 saturated heterocycles. The number of fused-ring (bicyclic) bond motifs is 1. The third-order valence-electron chi connectivity index (χ3n) is 6.21. The number of rotatable bonds is 7. The Morgan fingerprint density at radius 2 is 1.67 bits per heavy atom. The van der Waals surface area contributed by atoms with Gasteiger partial charge in [-0.1, -0.05) is 75.5 Å². The van der Waals surface area contributed by atoms with Crippen LogP contribution in [0.25, 0.3) is 22.2 Å². The Morgan fingerprint density at radius 3 is 2.31 bits per heavy atom. The van der Waals surface area contributed by atoms with Crippen LogP contribution in [-0.2, 0) is 9.53 Å². The number of esters is 1. The zero-order valence-electron chi connectivity index (χ0n) is 22.1. The van der Waals surface area contributed by atoms with E-state index in [4.69, 9.17) is 32.9 Å². The van der Waals surface area contributed by atoms with E-state index in [1.807, 2.05) is 76.2 Å². The summed E-state index contributed by atoms with van der Waals surface area (Å²) in [5.74, 6) is -1.19. The summed E-state index contributed by atoms with van der Waals surface area (Å²) in [5, 5.41) is 4.61. The van der Waals surface area contributed by atoms with Crippen LogP contribution in [0.15, 0.2) is 71.2 Å². The maximum absolute atomic E-state index is 13.9. The fraction of sp³-hybridized carbons (Fsp3) is 0.258. The molecule has 0 bridgehead atoms. The summed E-state index contributed by atoms with van der Waals surface area (Å²) in [6.45, 7) is 7.45. The zero-order valence-corrected chi connectivity index (χ0v) is 25.2. The van der Waals surface area contributed by atoms with Crippen molar-refractivity contribution in [1.82, 2.24) is 10.3 Å². The molecule has 0 aliphatic carbocycles. The molecule has 0 spiro atoms. The molecule has 8 heteroatoms. The van der Waals surface area contributed by atoms with E-state index in [1.165, 1.54) is 0 Å². The molecule has 202 valence electrons. The second-order valence-corrected chi connectivity index (χ2v) is 12.1. The van der Waals surface area contributed by atoms with E-state index < -0.39 is 17.5 Å². The van der Waals surface area contributed by atoms with E-state index in [2.05, 4.69) is 21.2 Å². The highest BCUT2D eigenvalue weighted by molar-refractivity contribution is 9.10.